The van der Waals surface area contributed by atoms with E-state index in [1.807, 2.05) is 0 Å². The molecule has 0 bridgehead atoms. The van der Waals surface area contributed by atoms with Gasteiger partial charge >= 0.3 is 11.9 Å². The first kappa shape index (κ1) is 30.7. The van der Waals surface area contributed by atoms with Gasteiger partial charge in [-0.3, -0.25) is 20.4 Å². The first-order valence-electron chi connectivity index (χ1n) is 14.0. The highest BCUT2D eigenvalue weighted by Crippen LogP contribution is 2.48. The van der Waals surface area contributed by atoms with Crippen LogP contribution in [0.2, 0.25) is 10.0 Å². The predicted molar refractivity (Wildman–Crippen MR) is 178 cm³/mol. The Morgan fingerprint density at radius 3 is 1.33 bits per heavy atom. The lowest BCUT2D eigenvalue weighted by Gasteiger charge is -2.37. The molecular weight excluding hydrogens is 627 g/mol. The fraction of sp³-hybridized carbons (Fsp3) is 0.118. The van der Waals surface area contributed by atoms with E-state index in [9.17, 15) is 19.8 Å². The number of carboxylic acids is 2. The van der Waals surface area contributed by atoms with E-state index >= 15 is 0 Å². The number of fused-ring (bicyclic) bond motifs is 2. The molecule has 6 rings (SSSR count). The highest BCUT2D eigenvalue weighted by molar-refractivity contribution is 6.50. The van der Waals surface area contributed by atoms with Crippen molar-refractivity contribution in [2.45, 2.75) is 23.7 Å². The standard InChI is InChI=1S/C34H26Cl2N6O4/c35-25-13-17(9-11-23(25)33(31(43)44)15-27(41-39)29(37)19-5-1-3-7-21(19)33)18-10-12-24(26(36)14-18)34(32(45)46)16-28(42-40)30(38)20-6-2-4-8-22(20)34/h1-14,37-38H,15-16,39-40H2,(H,43,44)(H,45,46)/b37-29?,38-30?,41-27-,42-28+. The highest BCUT2D eigenvalue weighted by atomic mass is 35.5. The molecule has 0 aliphatic heterocycles. The normalized spacial score (nSPS) is 22.4. The lowest BCUT2D eigenvalue weighted by Crippen LogP contribution is -2.46. The van der Waals surface area contributed by atoms with Crippen LogP contribution in [0.15, 0.2) is 95.1 Å². The number of carboxylic acid groups (broad SMARTS) is 2. The number of rotatable bonds is 5. The number of aliphatic carboxylic acids is 2. The number of hydrogen-bond acceptors (Lipinski definition) is 8. The van der Waals surface area contributed by atoms with Crippen LogP contribution in [0, 0.1) is 10.8 Å². The van der Waals surface area contributed by atoms with Crippen LogP contribution in [0.4, 0.5) is 0 Å². The van der Waals surface area contributed by atoms with E-state index in [1.165, 1.54) is 0 Å². The maximum atomic E-state index is 13.1. The summed E-state index contributed by atoms with van der Waals surface area (Å²) >= 11 is 13.7. The van der Waals surface area contributed by atoms with Crippen LogP contribution < -0.4 is 11.7 Å². The molecule has 2 unspecified atom stereocenters. The van der Waals surface area contributed by atoms with Crippen LogP contribution in [0.1, 0.15) is 46.2 Å². The van der Waals surface area contributed by atoms with Crippen LogP contribution in [0.5, 0.6) is 0 Å². The van der Waals surface area contributed by atoms with Gasteiger partial charge in [0.2, 0.25) is 0 Å². The summed E-state index contributed by atoms with van der Waals surface area (Å²) in [5, 5.41) is 46.1. The van der Waals surface area contributed by atoms with Crippen molar-refractivity contribution in [2.24, 2.45) is 21.9 Å². The zero-order valence-corrected chi connectivity index (χ0v) is 25.5. The van der Waals surface area contributed by atoms with E-state index in [0.29, 0.717) is 44.5 Å². The van der Waals surface area contributed by atoms with Gasteiger partial charge in [-0.2, -0.15) is 10.2 Å². The summed E-state index contributed by atoms with van der Waals surface area (Å²) in [4.78, 5) is 26.1. The van der Waals surface area contributed by atoms with Crippen molar-refractivity contribution in [3.05, 3.63) is 128 Å². The Balaban J connectivity index is 1.47. The van der Waals surface area contributed by atoms with Crippen LogP contribution in [0.25, 0.3) is 11.1 Å². The molecule has 0 heterocycles. The number of nitrogens with one attached hydrogen (secondary N) is 2. The first-order valence-corrected chi connectivity index (χ1v) is 14.7. The van der Waals surface area contributed by atoms with Gasteiger partial charge in [-0.15, -0.1) is 0 Å². The molecular formula is C34H26Cl2N6O4. The molecule has 0 amide bonds. The molecule has 2 atom stereocenters. The van der Waals surface area contributed by atoms with Gasteiger partial charge in [0.25, 0.3) is 0 Å². The third-order valence-corrected chi connectivity index (χ3v) is 9.61. The number of hydrogen-bond donors (Lipinski definition) is 6. The summed E-state index contributed by atoms with van der Waals surface area (Å²) in [5.41, 5.74) is 0.485. The molecule has 0 spiro atoms. The number of carbonyl (C=O) groups is 2. The van der Waals surface area contributed by atoms with E-state index in [1.54, 1.807) is 84.9 Å². The van der Waals surface area contributed by atoms with Crippen LogP contribution in [-0.2, 0) is 20.4 Å². The van der Waals surface area contributed by atoms with Crippen molar-refractivity contribution in [1.29, 1.82) is 10.8 Å². The summed E-state index contributed by atoms with van der Waals surface area (Å²) in [6.45, 7) is 0. The van der Waals surface area contributed by atoms with Crippen molar-refractivity contribution >= 4 is 58.0 Å². The predicted octanol–water partition coefficient (Wildman–Crippen LogP) is 5.57. The Hall–Kier alpha value is -5.32. The molecule has 0 fully saturated rings. The number of hydrazone groups is 2. The summed E-state index contributed by atoms with van der Waals surface area (Å²) in [7, 11) is 0. The largest absolute Gasteiger partial charge is 0.480 e. The zero-order valence-electron chi connectivity index (χ0n) is 24.0. The zero-order chi connectivity index (χ0) is 33.0. The monoisotopic (exact) mass is 652 g/mol. The van der Waals surface area contributed by atoms with Gasteiger partial charge in [0.1, 0.15) is 10.8 Å². The Morgan fingerprint density at radius 2 is 1.00 bits per heavy atom. The number of nitrogens with two attached hydrogens (primary N) is 2. The molecule has 0 saturated heterocycles. The van der Waals surface area contributed by atoms with Crippen molar-refractivity contribution in [3.63, 3.8) is 0 Å². The second-order valence-electron chi connectivity index (χ2n) is 11.2. The summed E-state index contributed by atoms with van der Waals surface area (Å²) in [6.07, 6.45) is -0.336. The van der Waals surface area contributed by atoms with Crippen molar-refractivity contribution in [1.82, 2.24) is 0 Å². The van der Waals surface area contributed by atoms with Crippen LogP contribution in [-0.4, -0.2) is 45.0 Å². The SMILES string of the molecule is N=C1/C(=N\N)CC(C(=O)O)(c2ccc(-c3ccc(C4(C(=O)O)C/C(=N\N)C(=N)c5ccccc54)c(Cl)c3)cc2Cl)c2ccccc21. The lowest BCUT2D eigenvalue weighted by molar-refractivity contribution is -0.142. The van der Waals surface area contributed by atoms with Crippen LogP contribution in [0.3, 0.4) is 0 Å². The van der Waals surface area contributed by atoms with E-state index in [-0.39, 0.29) is 45.7 Å². The minimum atomic E-state index is -1.66. The Morgan fingerprint density at radius 1 is 0.630 bits per heavy atom. The smallest absolute Gasteiger partial charge is 0.319 e. The van der Waals surface area contributed by atoms with Gasteiger partial charge in [0, 0.05) is 34.0 Å². The van der Waals surface area contributed by atoms with E-state index in [0.717, 1.165) is 0 Å². The second kappa shape index (κ2) is 11.2. The average molecular weight is 654 g/mol. The van der Waals surface area contributed by atoms with Crippen molar-refractivity contribution in [2.75, 3.05) is 0 Å². The first-order chi connectivity index (χ1) is 22.0. The van der Waals surface area contributed by atoms with E-state index in [4.69, 9.17) is 45.7 Å². The molecule has 0 aromatic heterocycles. The molecule has 0 radical (unpaired) electrons. The quantitative estimate of drug-likeness (QED) is 0.120. The van der Waals surface area contributed by atoms with E-state index < -0.39 is 22.8 Å². The molecule has 4 aromatic carbocycles. The molecule has 46 heavy (non-hydrogen) atoms. The Labute approximate surface area is 273 Å². The third-order valence-electron chi connectivity index (χ3n) is 8.99. The Kier molecular flexibility index (Phi) is 7.50. The third kappa shape index (κ3) is 4.33. The van der Waals surface area contributed by atoms with Gasteiger partial charge < -0.3 is 21.9 Å². The number of benzene rings is 4. The van der Waals surface area contributed by atoms with Gasteiger partial charge in [0.15, 0.2) is 0 Å². The number of nitrogens with zero attached hydrogens (tertiary/aromatic N) is 2. The maximum Gasteiger partial charge on any atom is 0.319 e. The molecule has 0 saturated carbocycles. The molecule has 230 valence electrons. The van der Waals surface area contributed by atoms with E-state index in [2.05, 4.69) is 10.2 Å². The summed E-state index contributed by atoms with van der Waals surface area (Å²) in [6, 6.07) is 23.4. The minimum Gasteiger partial charge on any atom is -0.480 e. The van der Waals surface area contributed by atoms with Crippen molar-refractivity contribution < 1.29 is 19.8 Å². The average Bonchev–Trinajstić information content (AvgIpc) is 3.05. The molecule has 2 aliphatic rings. The highest BCUT2D eigenvalue weighted by Gasteiger charge is 2.51. The molecule has 2 aliphatic carbocycles. The maximum absolute atomic E-state index is 13.1. The van der Waals surface area contributed by atoms with Gasteiger partial charge in [-0.05, 0) is 45.5 Å². The van der Waals surface area contributed by atoms with Crippen LogP contribution >= 0.6 is 23.2 Å². The Bertz CT molecular complexity index is 1930. The summed E-state index contributed by atoms with van der Waals surface area (Å²) in [5.74, 6) is 8.85. The lowest BCUT2D eigenvalue weighted by atomic mass is 9.64. The molecule has 12 heteroatoms. The summed E-state index contributed by atoms with van der Waals surface area (Å²) < 4.78 is 0. The fourth-order valence-corrected chi connectivity index (χ4v) is 7.41. The molecule has 10 nitrogen and oxygen atoms in total. The van der Waals surface area contributed by atoms with Gasteiger partial charge in [-0.1, -0.05) is 96.0 Å². The van der Waals surface area contributed by atoms with Crippen molar-refractivity contribution in [3.8, 4) is 11.1 Å². The van der Waals surface area contributed by atoms with Gasteiger partial charge in [-0.25, -0.2) is 0 Å². The van der Waals surface area contributed by atoms with Gasteiger partial charge in [0.05, 0.1) is 22.8 Å². The second-order valence-corrected chi connectivity index (χ2v) is 12.0. The molecule has 4 aromatic rings. The number of halogens is 2. The topological polar surface area (TPSA) is 199 Å². The minimum absolute atomic E-state index is 0.0545. The molecule has 8 N–H and O–H groups in total. The fourth-order valence-electron chi connectivity index (χ4n) is 6.72.